The van der Waals surface area contributed by atoms with Gasteiger partial charge < -0.3 is 5.73 Å². The summed E-state index contributed by atoms with van der Waals surface area (Å²) in [6, 6.07) is 4.95. The molecule has 1 saturated carbocycles. The summed E-state index contributed by atoms with van der Waals surface area (Å²) < 4.78 is 2.09. The molecular formula is C14H18Br2N2. The van der Waals surface area contributed by atoms with Crippen molar-refractivity contribution < 1.29 is 0 Å². The van der Waals surface area contributed by atoms with Crippen molar-refractivity contribution >= 4 is 37.5 Å². The minimum absolute atomic E-state index is 0.784. The Morgan fingerprint density at radius 2 is 1.89 bits per heavy atom. The maximum atomic E-state index is 6.17. The van der Waals surface area contributed by atoms with Crippen molar-refractivity contribution in [3.05, 3.63) is 26.6 Å². The van der Waals surface area contributed by atoms with E-state index in [9.17, 15) is 0 Å². The molecule has 2 saturated heterocycles. The minimum atomic E-state index is 0.784. The standard InChI is InChI=1S/C14H18Br2N2/c15-11-5-10(14(17)13(16)6-11)8-18-7-9-1-3-12(18)4-2-9/h5-6,9,12H,1-4,7-8,17H2. The number of piperidine rings is 2. The highest BCUT2D eigenvalue weighted by atomic mass is 79.9. The quantitative estimate of drug-likeness (QED) is 0.788. The van der Waals surface area contributed by atoms with Crippen LogP contribution in [0.1, 0.15) is 31.2 Å². The number of nitrogens with two attached hydrogens (primary N) is 1. The Balaban J connectivity index is 1.80. The molecule has 0 radical (unpaired) electrons. The summed E-state index contributed by atoms with van der Waals surface area (Å²) in [6.45, 7) is 2.25. The second kappa shape index (κ2) is 5.14. The van der Waals surface area contributed by atoms with Crippen LogP contribution >= 0.6 is 31.9 Å². The van der Waals surface area contributed by atoms with E-state index in [2.05, 4.69) is 42.8 Å². The van der Waals surface area contributed by atoms with Crippen LogP contribution in [0.4, 0.5) is 5.69 Å². The van der Waals surface area contributed by atoms with Crippen molar-refractivity contribution in [3.63, 3.8) is 0 Å². The molecule has 98 valence electrons. The van der Waals surface area contributed by atoms with E-state index >= 15 is 0 Å². The lowest BCUT2D eigenvalue weighted by Gasteiger charge is -2.45. The Labute approximate surface area is 125 Å². The first-order valence-electron chi connectivity index (χ1n) is 6.61. The molecule has 2 aliphatic heterocycles. The number of nitrogen functional groups attached to an aromatic ring is 1. The first-order valence-corrected chi connectivity index (χ1v) is 8.19. The monoisotopic (exact) mass is 372 g/mol. The Bertz CT molecular complexity index is 453. The van der Waals surface area contributed by atoms with Gasteiger partial charge in [-0.05, 0) is 65.2 Å². The van der Waals surface area contributed by atoms with E-state index in [-0.39, 0.29) is 0 Å². The van der Waals surface area contributed by atoms with Crippen LogP contribution in [-0.4, -0.2) is 17.5 Å². The summed E-state index contributed by atoms with van der Waals surface area (Å²) >= 11 is 7.08. The second-order valence-electron chi connectivity index (χ2n) is 5.56. The maximum absolute atomic E-state index is 6.17. The third kappa shape index (κ3) is 2.47. The molecule has 18 heavy (non-hydrogen) atoms. The lowest BCUT2D eigenvalue weighted by Crippen LogP contribution is -2.47. The SMILES string of the molecule is Nc1c(Br)cc(Br)cc1CN1CC2CCC1CC2. The van der Waals surface area contributed by atoms with E-state index in [1.807, 2.05) is 6.07 Å². The molecule has 4 rings (SSSR count). The highest BCUT2D eigenvalue weighted by Crippen LogP contribution is 2.37. The number of rotatable bonds is 2. The summed E-state index contributed by atoms with van der Waals surface area (Å²) in [5.74, 6) is 0.923. The van der Waals surface area contributed by atoms with E-state index < -0.39 is 0 Å². The molecule has 0 atom stereocenters. The number of anilines is 1. The van der Waals surface area contributed by atoms with Crippen LogP contribution in [0.2, 0.25) is 0 Å². The van der Waals surface area contributed by atoms with Crippen molar-refractivity contribution in [1.82, 2.24) is 4.90 Å². The fraction of sp³-hybridized carbons (Fsp3) is 0.571. The number of halogens is 2. The predicted molar refractivity (Wildman–Crippen MR) is 82.4 cm³/mol. The van der Waals surface area contributed by atoms with Gasteiger partial charge in [0.15, 0.2) is 0 Å². The van der Waals surface area contributed by atoms with Gasteiger partial charge in [-0.25, -0.2) is 0 Å². The van der Waals surface area contributed by atoms with E-state index in [0.29, 0.717) is 0 Å². The summed E-state index contributed by atoms with van der Waals surface area (Å²) in [4.78, 5) is 2.63. The van der Waals surface area contributed by atoms with Crippen molar-refractivity contribution in [2.75, 3.05) is 12.3 Å². The lowest BCUT2D eigenvalue weighted by atomic mass is 9.80. The molecule has 2 heterocycles. The molecule has 1 aliphatic carbocycles. The van der Waals surface area contributed by atoms with E-state index in [0.717, 1.165) is 33.1 Å². The van der Waals surface area contributed by atoms with Gasteiger partial charge in [-0.3, -0.25) is 4.90 Å². The van der Waals surface area contributed by atoms with Crippen LogP contribution in [-0.2, 0) is 6.54 Å². The van der Waals surface area contributed by atoms with Crippen molar-refractivity contribution in [2.45, 2.75) is 38.3 Å². The van der Waals surface area contributed by atoms with Gasteiger partial charge in [0.2, 0.25) is 0 Å². The normalized spacial score (nSPS) is 27.7. The summed E-state index contributed by atoms with van der Waals surface area (Å²) in [6.07, 6.45) is 5.61. The molecular weight excluding hydrogens is 356 g/mol. The number of benzene rings is 1. The molecule has 3 aliphatic rings. The zero-order valence-corrected chi connectivity index (χ0v) is 13.5. The smallest absolute Gasteiger partial charge is 0.0504 e. The zero-order chi connectivity index (χ0) is 12.7. The Kier molecular flexibility index (Phi) is 3.70. The van der Waals surface area contributed by atoms with Crippen LogP contribution in [0.15, 0.2) is 21.1 Å². The summed E-state index contributed by atoms with van der Waals surface area (Å²) in [5, 5.41) is 0. The fourth-order valence-corrected chi connectivity index (χ4v) is 4.67. The third-order valence-corrected chi connectivity index (χ3v) is 5.49. The molecule has 0 amide bonds. The van der Waals surface area contributed by atoms with E-state index in [1.165, 1.54) is 37.8 Å². The minimum Gasteiger partial charge on any atom is -0.398 e. The summed E-state index contributed by atoms with van der Waals surface area (Å²) in [5.41, 5.74) is 8.30. The van der Waals surface area contributed by atoms with Gasteiger partial charge in [0.25, 0.3) is 0 Å². The number of fused-ring (bicyclic) bond motifs is 3. The number of hydrogen-bond donors (Lipinski definition) is 1. The summed E-state index contributed by atoms with van der Waals surface area (Å²) in [7, 11) is 0. The zero-order valence-electron chi connectivity index (χ0n) is 10.3. The van der Waals surface area contributed by atoms with Gasteiger partial charge in [0, 0.05) is 28.1 Å². The van der Waals surface area contributed by atoms with Gasteiger partial charge in [-0.1, -0.05) is 15.9 Å². The number of nitrogens with zero attached hydrogens (tertiary/aromatic N) is 1. The van der Waals surface area contributed by atoms with Gasteiger partial charge in [-0.15, -0.1) is 0 Å². The Morgan fingerprint density at radius 1 is 1.17 bits per heavy atom. The topological polar surface area (TPSA) is 29.3 Å². The van der Waals surface area contributed by atoms with Crippen molar-refractivity contribution in [2.24, 2.45) is 5.92 Å². The first kappa shape index (κ1) is 12.9. The van der Waals surface area contributed by atoms with Crippen LogP contribution in [0.3, 0.4) is 0 Å². The first-order chi connectivity index (χ1) is 8.63. The molecule has 2 nitrogen and oxygen atoms in total. The lowest BCUT2D eigenvalue weighted by molar-refractivity contribution is 0.0427. The highest BCUT2D eigenvalue weighted by Gasteiger charge is 2.33. The third-order valence-electron chi connectivity index (χ3n) is 4.38. The van der Waals surface area contributed by atoms with E-state index in [1.54, 1.807) is 0 Å². The van der Waals surface area contributed by atoms with Gasteiger partial charge in [0.05, 0.1) is 5.69 Å². The predicted octanol–water partition coefficient (Wildman–Crippen LogP) is 4.17. The second-order valence-corrected chi connectivity index (χ2v) is 7.33. The van der Waals surface area contributed by atoms with Crippen LogP contribution in [0.5, 0.6) is 0 Å². The maximum Gasteiger partial charge on any atom is 0.0504 e. The fourth-order valence-electron chi connectivity index (χ4n) is 3.35. The largest absolute Gasteiger partial charge is 0.398 e. The van der Waals surface area contributed by atoms with Gasteiger partial charge in [-0.2, -0.15) is 0 Å². The molecule has 0 spiro atoms. The Hall–Kier alpha value is -0.0600. The molecule has 1 aromatic rings. The van der Waals surface area contributed by atoms with Crippen LogP contribution < -0.4 is 5.73 Å². The average molecular weight is 374 g/mol. The van der Waals surface area contributed by atoms with Crippen LogP contribution in [0, 0.1) is 5.92 Å². The molecule has 0 unspecified atom stereocenters. The number of hydrogen-bond acceptors (Lipinski definition) is 2. The highest BCUT2D eigenvalue weighted by molar-refractivity contribution is 9.11. The van der Waals surface area contributed by atoms with Gasteiger partial charge in [0.1, 0.15) is 0 Å². The van der Waals surface area contributed by atoms with Gasteiger partial charge >= 0.3 is 0 Å². The molecule has 3 fully saturated rings. The molecule has 1 aromatic carbocycles. The molecule has 0 aromatic heterocycles. The molecule has 2 bridgehead atoms. The van der Waals surface area contributed by atoms with Crippen molar-refractivity contribution in [1.29, 1.82) is 0 Å². The molecule has 2 N–H and O–H groups in total. The van der Waals surface area contributed by atoms with Crippen LogP contribution in [0.25, 0.3) is 0 Å². The molecule has 4 heteroatoms. The van der Waals surface area contributed by atoms with E-state index in [4.69, 9.17) is 5.73 Å². The average Bonchev–Trinajstić information content (AvgIpc) is 2.37. The van der Waals surface area contributed by atoms with Crippen molar-refractivity contribution in [3.8, 4) is 0 Å². The Morgan fingerprint density at radius 3 is 2.50 bits per heavy atom.